The predicted molar refractivity (Wildman–Crippen MR) is 90.4 cm³/mol. The van der Waals surface area contributed by atoms with Crippen molar-refractivity contribution in [2.45, 2.75) is 52.4 Å². The molecule has 0 aliphatic heterocycles. The first kappa shape index (κ1) is 15.7. The standard InChI is InChI=1S/C16H24N2S2/c1-11(2)18(10-14-6-5-8-19-14)15(13(4)17)16-12(3)7-9-20-16/h5-9,11,13,15H,10,17H2,1-4H3. The second-order valence-electron chi connectivity index (χ2n) is 5.62. The average Bonchev–Trinajstić information content (AvgIpc) is 3.00. The van der Waals surface area contributed by atoms with Gasteiger partial charge in [0.05, 0.1) is 6.04 Å². The van der Waals surface area contributed by atoms with E-state index in [0.717, 1.165) is 6.54 Å². The Morgan fingerprint density at radius 2 is 1.90 bits per heavy atom. The number of hydrogen-bond donors (Lipinski definition) is 1. The summed E-state index contributed by atoms with van der Waals surface area (Å²) in [5.41, 5.74) is 7.69. The minimum absolute atomic E-state index is 0.120. The van der Waals surface area contributed by atoms with Crippen LogP contribution in [0.3, 0.4) is 0 Å². The lowest BCUT2D eigenvalue weighted by Crippen LogP contribution is -2.42. The number of nitrogens with two attached hydrogens (primary N) is 1. The summed E-state index contributed by atoms with van der Waals surface area (Å²) in [5.74, 6) is 0. The van der Waals surface area contributed by atoms with Crippen LogP contribution in [-0.4, -0.2) is 17.0 Å². The van der Waals surface area contributed by atoms with Gasteiger partial charge >= 0.3 is 0 Å². The monoisotopic (exact) mass is 308 g/mol. The van der Waals surface area contributed by atoms with E-state index in [-0.39, 0.29) is 12.1 Å². The Morgan fingerprint density at radius 1 is 1.15 bits per heavy atom. The molecule has 0 spiro atoms. The van der Waals surface area contributed by atoms with Gasteiger partial charge in [0.1, 0.15) is 0 Å². The molecule has 2 aromatic rings. The Bertz CT molecular complexity index is 514. The molecule has 2 N–H and O–H groups in total. The van der Waals surface area contributed by atoms with Crippen molar-refractivity contribution in [1.29, 1.82) is 0 Å². The molecule has 2 nitrogen and oxygen atoms in total. The molecular weight excluding hydrogens is 284 g/mol. The molecule has 0 fully saturated rings. The predicted octanol–water partition coefficient (Wildman–Crippen LogP) is 4.42. The van der Waals surface area contributed by atoms with Crippen LogP contribution in [0.5, 0.6) is 0 Å². The van der Waals surface area contributed by atoms with E-state index in [2.05, 4.69) is 61.6 Å². The first-order chi connectivity index (χ1) is 9.50. The summed E-state index contributed by atoms with van der Waals surface area (Å²) in [6, 6.07) is 7.40. The summed E-state index contributed by atoms with van der Waals surface area (Å²) in [6.45, 7) is 9.79. The fourth-order valence-corrected chi connectivity index (χ4v) is 4.44. The zero-order valence-electron chi connectivity index (χ0n) is 12.7. The summed E-state index contributed by atoms with van der Waals surface area (Å²) in [7, 11) is 0. The van der Waals surface area contributed by atoms with E-state index in [1.165, 1.54) is 15.3 Å². The van der Waals surface area contributed by atoms with E-state index in [1.54, 1.807) is 0 Å². The molecule has 2 aromatic heterocycles. The maximum atomic E-state index is 6.33. The molecule has 0 bridgehead atoms. The minimum atomic E-state index is 0.120. The zero-order chi connectivity index (χ0) is 14.7. The van der Waals surface area contributed by atoms with Crippen molar-refractivity contribution in [3.05, 3.63) is 44.3 Å². The van der Waals surface area contributed by atoms with Gasteiger partial charge in [0, 0.05) is 28.4 Å². The van der Waals surface area contributed by atoms with Gasteiger partial charge in [0.2, 0.25) is 0 Å². The lowest BCUT2D eigenvalue weighted by atomic mass is 10.0. The Labute approximate surface area is 130 Å². The molecular formula is C16H24N2S2. The van der Waals surface area contributed by atoms with Crippen molar-refractivity contribution in [3.63, 3.8) is 0 Å². The van der Waals surface area contributed by atoms with Gasteiger partial charge in [0.25, 0.3) is 0 Å². The van der Waals surface area contributed by atoms with Gasteiger partial charge in [-0.3, -0.25) is 4.90 Å². The molecule has 0 saturated heterocycles. The van der Waals surface area contributed by atoms with Gasteiger partial charge in [0.15, 0.2) is 0 Å². The van der Waals surface area contributed by atoms with E-state index >= 15 is 0 Å². The lowest BCUT2D eigenvalue weighted by molar-refractivity contribution is 0.130. The highest BCUT2D eigenvalue weighted by Gasteiger charge is 2.28. The number of hydrogen-bond acceptors (Lipinski definition) is 4. The lowest BCUT2D eigenvalue weighted by Gasteiger charge is -2.37. The highest BCUT2D eigenvalue weighted by atomic mass is 32.1. The highest BCUT2D eigenvalue weighted by Crippen LogP contribution is 2.33. The van der Waals surface area contributed by atoms with Crippen LogP contribution < -0.4 is 5.73 Å². The third-order valence-electron chi connectivity index (χ3n) is 3.61. The Balaban J connectivity index is 2.31. The van der Waals surface area contributed by atoms with Crippen LogP contribution in [0.2, 0.25) is 0 Å². The van der Waals surface area contributed by atoms with E-state index in [1.807, 2.05) is 22.7 Å². The second-order valence-corrected chi connectivity index (χ2v) is 7.60. The first-order valence-corrected chi connectivity index (χ1v) is 8.84. The molecule has 0 radical (unpaired) electrons. The second kappa shape index (κ2) is 6.85. The summed E-state index contributed by atoms with van der Waals surface area (Å²) >= 11 is 3.65. The minimum Gasteiger partial charge on any atom is -0.326 e. The van der Waals surface area contributed by atoms with Gasteiger partial charge in [-0.25, -0.2) is 0 Å². The fourth-order valence-electron chi connectivity index (χ4n) is 2.56. The quantitative estimate of drug-likeness (QED) is 0.856. The van der Waals surface area contributed by atoms with Gasteiger partial charge < -0.3 is 5.73 Å². The molecule has 4 heteroatoms. The number of aryl methyl sites for hydroxylation is 1. The van der Waals surface area contributed by atoms with Gasteiger partial charge in [-0.15, -0.1) is 22.7 Å². The van der Waals surface area contributed by atoms with Crippen LogP contribution >= 0.6 is 22.7 Å². The van der Waals surface area contributed by atoms with E-state index < -0.39 is 0 Å². The van der Waals surface area contributed by atoms with Crippen molar-refractivity contribution in [3.8, 4) is 0 Å². The molecule has 0 aromatic carbocycles. The Morgan fingerprint density at radius 3 is 2.35 bits per heavy atom. The van der Waals surface area contributed by atoms with Crippen LogP contribution in [0, 0.1) is 6.92 Å². The first-order valence-electron chi connectivity index (χ1n) is 7.08. The van der Waals surface area contributed by atoms with Crippen LogP contribution in [-0.2, 0) is 6.54 Å². The van der Waals surface area contributed by atoms with Crippen molar-refractivity contribution >= 4 is 22.7 Å². The average molecular weight is 309 g/mol. The summed E-state index contributed by atoms with van der Waals surface area (Å²) in [4.78, 5) is 5.33. The fraction of sp³-hybridized carbons (Fsp3) is 0.500. The van der Waals surface area contributed by atoms with Crippen molar-refractivity contribution in [2.24, 2.45) is 5.73 Å². The molecule has 0 aliphatic carbocycles. The molecule has 110 valence electrons. The molecule has 0 aliphatic rings. The van der Waals surface area contributed by atoms with Gasteiger partial charge in [-0.2, -0.15) is 0 Å². The normalized spacial score (nSPS) is 14.9. The third kappa shape index (κ3) is 3.50. The van der Waals surface area contributed by atoms with Crippen molar-refractivity contribution < 1.29 is 0 Å². The largest absolute Gasteiger partial charge is 0.326 e. The summed E-state index contributed by atoms with van der Waals surface area (Å²) in [6.07, 6.45) is 0. The van der Waals surface area contributed by atoms with Crippen LogP contribution in [0.15, 0.2) is 29.0 Å². The molecule has 20 heavy (non-hydrogen) atoms. The molecule has 0 saturated carbocycles. The van der Waals surface area contributed by atoms with Crippen molar-refractivity contribution in [2.75, 3.05) is 0 Å². The Hall–Kier alpha value is -0.680. The van der Waals surface area contributed by atoms with Crippen LogP contribution in [0.25, 0.3) is 0 Å². The van der Waals surface area contributed by atoms with E-state index in [4.69, 9.17) is 5.73 Å². The summed E-state index contributed by atoms with van der Waals surface area (Å²) < 4.78 is 0. The third-order valence-corrected chi connectivity index (χ3v) is 5.56. The maximum absolute atomic E-state index is 6.33. The SMILES string of the molecule is Cc1ccsc1C(C(C)N)N(Cc1cccs1)C(C)C. The smallest absolute Gasteiger partial charge is 0.0598 e. The van der Waals surface area contributed by atoms with Gasteiger partial charge in [-0.1, -0.05) is 6.07 Å². The molecule has 0 amide bonds. The Kier molecular flexibility index (Phi) is 5.38. The maximum Gasteiger partial charge on any atom is 0.0598 e. The number of rotatable bonds is 6. The number of thiophene rings is 2. The van der Waals surface area contributed by atoms with Crippen LogP contribution in [0.4, 0.5) is 0 Å². The van der Waals surface area contributed by atoms with Crippen molar-refractivity contribution in [1.82, 2.24) is 4.90 Å². The summed E-state index contributed by atoms with van der Waals surface area (Å²) in [5, 5.41) is 4.31. The molecule has 2 rings (SSSR count). The number of nitrogens with zero attached hydrogens (tertiary/aromatic N) is 1. The molecule has 2 atom stereocenters. The topological polar surface area (TPSA) is 29.3 Å². The van der Waals surface area contributed by atoms with E-state index in [0.29, 0.717) is 6.04 Å². The van der Waals surface area contributed by atoms with Crippen LogP contribution in [0.1, 0.15) is 42.1 Å². The zero-order valence-corrected chi connectivity index (χ0v) is 14.3. The highest BCUT2D eigenvalue weighted by molar-refractivity contribution is 7.10. The molecule has 2 unspecified atom stereocenters. The molecule has 2 heterocycles. The van der Waals surface area contributed by atoms with E-state index in [9.17, 15) is 0 Å². The van der Waals surface area contributed by atoms with Gasteiger partial charge in [-0.05, 0) is 56.2 Å².